The zero-order valence-corrected chi connectivity index (χ0v) is 12.8. The molecule has 2 rings (SSSR count). The van der Waals surface area contributed by atoms with Crippen molar-refractivity contribution < 1.29 is 9.84 Å². The summed E-state index contributed by atoms with van der Waals surface area (Å²) in [6.07, 6.45) is 0.301. The average Bonchev–Trinajstić information content (AvgIpc) is 2.37. The molecule has 0 aliphatic rings. The van der Waals surface area contributed by atoms with Gasteiger partial charge in [-0.15, -0.1) is 0 Å². The first-order valence-corrected chi connectivity index (χ1v) is 7.35. The molecule has 0 heterocycles. The van der Waals surface area contributed by atoms with E-state index in [-0.39, 0.29) is 12.2 Å². The Hall–Kier alpha value is -1.54. The molecule has 0 amide bonds. The maximum atomic E-state index is 9.45. The second-order valence-corrected chi connectivity index (χ2v) is 5.87. The predicted octanol–water partition coefficient (Wildman–Crippen LogP) is 4.50. The first-order valence-electron chi connectivity index (χ1n) is 7.35. The lowest BCUT2D eigenvalue weighted by Crippen LogP contribution is -2.18. The minimum atomic E-state index is -0.341. The highest BCUT2D eigenvalue weighted by Gasteiger charge is 2.12. The summed E-state index contributed by atoms with van der Waals surface area (Å²) in [5, 5.41) is 11.9. The molecule has 108 valence electrons. The Bertz CT molecular complexity index is 573. The molecule has 0 saturated carbocycles. The largest absolute Gasteiger partial charge is 0.490 e. The van der Waals surface area contributed by atoms with Crippen molar-refractivity contribution in [1.29, 1.82) is 0 Å². The summed E-state index contributed by atoms with van der Waals surface area (Å²) in [4.78, 5) is 0. The Balaban J connectivity index is 2.38. The van der Waals surface area contributed by atoms with E-state index in [0.717, 1.165) is 11.1 Å². The zero-order valence-electron chi connectivity index (χ0n) is 12.8. The van der Waals surface area contributed by atoms with Gasteiger partial charge in [0.25, 0.3) is 0 Å². The number of aliphatic hydroxyl groups excluding tert-OH is 1. The van der Waals surface area contributed by atoms with Crippen molar-refractivity contribution in [2.45, 2.75) is 52.2 Å². The lowest BCUT2D eigenvalue weighted by Gasteiger charge is -2.19. The Morgan fingerprint density at radius 1 is 0.950 bits per heavy atom. The third-order valence-corrected chi connectivity index (χ3v) is 3.54. The summed E-state index contributed by atoms with van der Waals surface area (Å²) >= 11 is 0. The average molecular weight is 272 g/mol. The lowest BCUT2D eigenvalue weighted by molar-refractivity contribution is 0.116. The van der Waals surface area contributed by atoms with E-state index in [4.69, 9.17) is 4.74 Å². The van der Waals surface area contributed by atoms with Gasteiger partial charge in [-0.05, 0) is 36.8 Å². The molecule has 0 aliphatic heterocycles. The molecule has 2 aromatic carbocycles. The SMILES string of the molecule is CC(C)c1ccc(O[C@@H](C)C[C@@H](C)O)c2ccccc12. The maximum Gasteiger partial charge on any atom is 0.127 e. The molecule has 2 heteroatoms. The van der Waals surface area contributed by atoms with Crippen LogP contribution in [0.1, 0.15) is 45.6 Å². The third-order valence-electron chi connectivity index (χ3n) is 3.54. The van der Waals surface area contributed by atoms with Crippen molar-refractivity contribution in [2.24, 2.45) is 0 Å². The van der Waals surface area contributed by atoms with Crippen LogP contribution in [0.3, 0.4) is 0 Å². The summed E-state index contributed by atoms with van der Waals surface area (Å²) in [6.45, 7) is 8.20. The highest BCUT2D eigenvalue weighted by molar-refractivity contribution is 5.91. The second-order valence-electron chi connectivity index (χ2n) is 5.87. The normalized spacial score (nSPS) is 14.5. The highest BCUT2D eigenvalue weighted by Crippen LogP contribution is 2.32. The van der Waals surface area contributed by atoms with Gasteiger partial charge in [-0.25, -0.2) is 0 Å². The molecule has 0 bridgehead atoms. The number of hydrogen-bond donors (Lipinski definition) is 1. The molecule has 0 aromatic heterocycles. The Morgan fingerprint density at radius 2 is 1.60 bits per heavy atom. The van der Waals surface area contributed by atoms with E-state index in [2.05, 4.69) is 44.2 Å². The predicted molar refractivity (Wildman–Crippen MR) is 84.4 cm³/mol. The van der Waals surface area contributed by atoms with E-state index in [9.17, 15) is 5.11 Å². The molecule has 1 N–H and O–H groups in total. The van der Waals surface area contributed by atoms with Gasteiger partial charge >= 0.3 is 0 Å². The van der Waals surface area contributed by atoms with Gasteiger partial charge in [0.2, 0.25) is 0 Å². The summed E-state index contributed by atoms with van der Waals surface area (Å²) in [5.41, 5.74) is 1.34. The standard InChI is InChI=1S/C18H24O2/c1-12(2)15-9-10-18(20-14(4)11-13(3)19)17-8-6-5-7-16(15)17/h5-10,12-14,19H,11H2,1-4H3/t13-,14+/m1/s1. The number of benzene rings is 2. The van der Waals surface area contributed by atoms with E-state index in [1.165, 1.54) is 10.9 Å². The Labute approximate surface area is 121 Å². The molecule has 0 radical (unpaired) electrons. The molecule has 20 heavy (non-hydrogen) atoms. The van der Waals surface area contributed by atoms with Gasteiger partial charge in [-0.2, -0.15) is 0 Å². The second kappa shape index (κ2) is 6.27. The number of ether oxygens (including phenoxy) is 1. The Morgan fingerprint density at radius 3 is 2.20 bits per heavy atom. The van der Waals surface area contributed by atoms with Crippen LogP contribution in [-0.2, 0) is 0 Å². The summed E-state index contributed by atoms with van der Waals surface area (Å²) < 4.78 is 6.01. The molecule has 2 atom stereocenters. The van der Waals surface area contributed by atoms with Gasteiger partial charge in [0, 0.05) is 11.8 Å². The van der Waals surface area contributed by atoms with Gasteiger partial charge in [0.15, 0.2) is 0 Å². The molecule has 0 aliphatic carbocycles. The first kappa shape index (κ1) is 14.9. The van der Waals surface area contributed by atoms with Gasteiger partial charge in [-0.1, -0.05) is 44.2 Å². The van der Waals surface area contributed by atoms with Gasteiger partial charge < -0.3 is 9.84 Å². The quantitative estimate of drug-likeness (QED) is 0.868. The molecular weight excluding hydrogens is 248 g/mol. The minimum absolute atomic E-state index is 0.00306. The van der Waals surface area contributed by atoms with Crippen LogP contribution >= 0.6 is 0 Å². The van der Waals surface area contributed by atoms with Crippen molar-refractivity contribution in [3.05, 3.63) is 42.0 Å². The molecule has 2 aromatic rings. The molecule has 0 spiro atoms. The van der Waals surface area contributed by atoms with Gasteiger partial charge in [0.05, 0.1) is 12.2 Å². The van der Waals surface area contributed by atoms with Crippen LogP contribution in [0.15, 0.2) is 36.4 Å². The smallest absolute Gasteiger partial charge is 0.127 e. The first-order chi connectivity index (χ1) is 9.49. The van der Waals surface area contributed by atoms with Crippen molar-refractivity contribution in [3.63, 3.8) is 0 Å². The monoisotopic (exact) mass is 272 g/mol. The van der Waals surface area contributed by atoms with E-state index in [1.807, 2.05) is 13.0 Å². The fraction of sp³-hybridized carbons (Fsp3) is 0.444. The van der Waals surface area contributed by atoms with Gasteiger partial charge in [-0.3, -0.25) is 0 Å². The van der Waals surface area contributed by atoms with Crippen LogP contribution in [0.5, 0.6) is 5.75 Å². The number of fused-ring (bicyclic) bond motifs is 1. The molecular formula is C18H24O2. The number of aliphatic hydroxyl groups is 1. The number of rotatable bonds is 5. The topological polar surface area (TPSA) is 29.5 Å². The van der Waals surface area contributed by atoms with Crippen LogP contribution in [0.4, 0.5) is 0 Å². The Kier molecular flexibility index (Phi) is 4.66. The molecule has 0 saturated heterocycles. The van der Waals surface area contributed by atoms with E-state index < -0.39 is 0 Å². The van der Waals surface area contributed by atoms with Gasteiger partial charge in [0.1, 0.15) is 5.75 Å². The summed E-state index contributed by atoms with van der Waals surface area (Å²) in [5.74, 6) is 1.39. The highest BCUT2D eigenvalue weighted by atomic mass is 16.5. The zero-order chi connectivity index (χ0) is 14.7. The third kappa shape index (κ3) is 3.31. The van der Waals surface area contributed by atoms with E-state index in [1.54, 1.807) is 6.92 Å². The van der Waals surface area contributed by atoms with E-state index in [0.29, 0.717) is 12.3 Å². The van der Waals surface area contributed by atoms with Crippen LogP contribution in [0.25, 0.3) is 10.8 Å². The van der Waals surface area contributed by atoms with Crippen LogP contribution in [0, 0.1) is 0 Å². The van der Waals surface area contributed by atoms with E-state index >= 15 is 0 Å². The van der Waals surface area contributed by atoms with Crippen LogP contribution < -0.4 is 4.74 Å². The number of hydrogen-bond acceptors (Lipinski definition) is 2. The molecule has 0 unspecified atom stereocenters. The van der Waals surface area contributed by atoms with Crippen molar-refractivity contribution in [3.8, 4) is 5.75 Å². The van der Waals surface area contributed by atoms with Crippen molar-refractivity contribution >= 4 is 10.8 Å². The van der Waals surface area contributed by atoms with Crippen LogP contribution in [0.2, 0.25) is 0 Å². The summed E-state index contributed by atoms with van der Waals surface area (Å²) in [7, 11) is 0. The molecule has 2 nitrogen and oxygen atoms in total. The van der Waals surface area contributed by atoms with Crippen molar-refractivity contribution in [2.75, 3.05) is 0 Å². The minimum Gasteiger partial charge on any atom is -0.490 e. The molecule has 0 fully saturated rings. The van der Waals surface area contributed by atoms with Crippen molar-refractivity contribution in [1.82, 2.24) is 0 Å². The fourth-order valence-electron chi connectivity index (χ4n) is 2.65. The lowest BCUT2D eigenvalue weighted by atomic mass is 9.95. The van der Waals surface area contributed by atoms with Crippen LogP contribution in [-0.4, -0.2) is 17.3 Å². The fourth-order valence-corrected chi connectivity index (χ4v) is 2.65. The maximum absolute atomic E-state index is 9.45. The summed E-state index contributed by atoms with van der Waals surface area (Å²) in [6, 6.07) is 12.6.